The van der Waals surface area contributed by atoms with Gasteiger partial charge in [0.1, 0.15) is 17.6 Å². The van der Waals surface area contributed by atoms with E-state index >= 15 is 0 Å². The molecule has 0 heterocycles. The van der Waals surface area contributed by atoms with E-state index in [1.807, 2.05) is 13.0 Å². The smallest absolute Gasteiger partial charge is 0.160 e. The van der Waals surface area contributed by atoms with Gasteiger partial charge in [-0.05, 0) is 49.9 Å². The summed E-state index contributed by atoms with van der Waals surface area (Å²) in [5, 5.41) is 0. The Kier molecular flexibility index (Phi) is 8.01. The van der Waals surface area contributed by atoms with Crippen LogP contribution < -0.4 is 9.47 Å². The van der Waals surface area contributed by atoms with Crippen molar-refractivity contribution in [1.29, 1.82) is 0 Å². The van der Waals surface area contributed by atoms with Crippen molar-refractivity contribution in [1.82, 2.24) is 0 Å². The number of benzene rings is 2. The van der Waals surface area contributed by atoms with Crippen LogP contribution in [0.4, 0.5) is 0 Å². The van der Waals surface area contributed by atoms with Crippen molar-refractivity contribution >= 4 is 17.5 Å². The maximum Gasteiger partial charge on any atom is 0.160 e. The Bertz CT molecular complexity index is 712. The Balaban J connectivity index is 2.02. The van der Waals surface area contributed by atoms with Gasteiger partial charge in [-0.1, -0.05) is 12.1 Å². The Morgan fingerprint density at radius 3 is 2.42 bits per heavy atom. The lowest BCUT2D eigenvalue weighted by atomic mass is 10.1. The number of carbonyl (C=O) groups is 1. The van der Waals surface area contributed by atoms with Crippen molar-refractivity contribution in [3.63, 3.8) is 0 Å². The van der Waals surface area contributed by atoms with E-state index in [2.05, 4.69) is 30.5 Å². The highest BCUT2D eigenvalue weighted by Gasteiger charge is 2.10. The fourth-order valence-electron chi connectivity index (χ4n) is 2.51. The average Bonchev–Trinajstić information content (AvgIpc) is 2.62. The van der Waals surface area contributed by atoms with E-state index in [0.29, 0.717) is 30.3 Å². The minimum absolute atomic E-state index is 0.0210. The number of Topliss-reactive ketones (excluding diaryl/α,β-unsaturated/α-hetero) is 1. The lowest BCUT2D eigenvalue weighted by Crippen LogP contribution is -2.18. The van der Waals surface area contributed by atoms with Gasteiger partial charge >= 0.3 is 0 Å². The maximum atomic E-state index is 11.8. The first kappa shape index (κ1) is 20.3. The third kappa shape index (κ3) is 6.39. The molecule has 140 valence electrons. The third-order valence-corrected chi connectivity index (χ3v) is 4.59. The summed E-state index contributed by atoms with van der Waals surface area (Å²) in [5.41, 5.74) is 1.79. The van der Waals surface area contributed by atoms with Crippen molar-refractivity contribution in [2.24, 2.45) is 0 Å². The molecule has 5 heteroatoms. The molecule has 0 aliphatic rings. The molecule has 0 radical (unpaired) electrons. The monoisotopic (exact) mass is 374 g/mol. The van der Waals surface area contributed by atoms with Gasteiger partial charge in [-0.15, -0.1) is 11.8 Å². The minimum atomic E-state index is -0.106. The van der Waals surface area contributed by atoms with E-state index in [1.165, 1.54) is 17.4 Å². The van der Waals surface area contributed by atoms with E-state index < -0.39 is 0 Å². The molecule has 0 bridgehead atoms. The Labute approximate surface area is 159 Å². The van der Waals surface area contributed by atoms with Crippen LogP contribution in [-0.2, 0) is 11.2 Å². The molecule has 2 aromatic carbocycles. The first-order chi connectivity index (χ1) is 12.5. The second-order valence-corrected chi connectivity index (χ2v) is 6.96. The number of hydrogen-bond donors (Lipinski definition) is 0. The Morgan fingerprint density at radius 2 is 1.81 bits per heavy atom. The SMILES string of the molecule is COC[C@H](C)Oc1cc(OCCc2ccc(SC)cc2)cc(C(C)=O)c1. The van der Waals surface area contributed by atoms with Crippen LogP contribution in [0.15, 0.2) is 47.4 Å². The van der Waals surface area contributed by atoms with E-state index in [9.17, 15) is 4.79 Å². The summed E-state index contributed by atoms with van der Waals surface area (Å²) < 4.78 is 16.8. The van der Waals surface area contributed by atoms with Crippen molar-refractivity contribution in [2.75, 3.05) is 26.6 Å². The zero-order valence-electron chi connectivity index (χ0n) is 15.8. The fraction of sp³-hybridized carbons (Fsp3) is 0.381. The van der Waals surface area contributed by atoms with Crippen LogP contribution in [0.25, 0.3) is 0 Å². The lowest BCUT2D eigenvalue weighted by Gasteiger charge is -2.16. The summed E-state index contributed by atoms with van der Waals surface area (Å²) in [6.45, 7) is 4.47. The molecule has 1 atom stereocenters. The molecule has 0 unspecified atom stereocenters. The first-order valence-corrected chi connectivity index (χ1v) is 9.81. The van der Waals surface area contributed by atoms with E-state index in [-0.39, 0.29) is 11.9 Å². The highest BCUT2D eigenvalue weighted by atomic mass is 32.2. The standard InChI is InChI=1S/C21H26O4S/c1-15(14-23-3)25-20-12-18(16(2)22)11-19(13-20)24-10-9-17-5-7-21(26-4)8-6-17/h5-8,11-13,15H,9-10,14H2,1-4H3/t15-/m0/s1. The molecule has 0 saturated heterocycles. The number of carbonyl (C=O) groups excluding carboxylic acids is 1. The highest BCUT2D eigenvalue weighted by molar-refractivity contribution is 7.98. The summed E-state index contributed by atoms with van der Waals surface area (Å²) in [4.78, 5) is 13.0. The number of hydrogen-bond acceptors (Lipinski definition) is 5. The molecule has 4 nitrogen and oxygen atoms in total. The van der Waals surface area contributed by atoms with Crippen LogP contribution >= 0.6 is 11.8 Å². The van der Waals surface area contributed by atoms with Gasteiger partial charge in [0.05, 0.1) is 13.2 Å². The summed E-state index contributed by atoms with van der Waals surface area (Å²) in [6.07, 6.45) is 2.76. The number of ketones is 1. The highest BCUT2D eigenvalue weighted by Crippen LogP contribution is 2.25. The molecule has 0 fully saturated rings. The van der Waals surface area contributed by atoms with Crippen LogP contribution in [0.2, 0.25) is 0 Å². The largest absolute Gasteiger partial charge is 0.493 e. The molecule has 2 rings (SSSR count). The van der Waals surface area contributed by atoms with Gasteiger partial charge in [0.25, 0.3) is 0 Å². The topological polar surface area (TPSA) is 44.8 Å². The third-order valence-electron chi connectivity index (χ3n) is 3.84. The molecule has 0 aromatic heterocycles. The Morgan fingerprint density at radius 1 is 1.12 bits per heavy atom. The fourth-order valence-corrected chi connectivity index (χ4v) is 2.91. The van der Waals surface area contributed by atoms with Gasteiger partial charge in [-0.2, -0.15) is 0 Å². The van der Waals surface area contributed by atoms with Crippen LogP contribution in [0.5, 0.6) is 11.5 Å². The van der Waals surface area contributed by atoms with E-state index in [0.717, 1.165) is 6.42 Å². The van der Waals surface area contributed by atoms with Crippen LogP contribution in [0.1, 0.15) is 29.8 Å². The van der Waals surface area contributed by atoms with Gasteiger partial charge in [0.2, 0.25) is 0 Å². The molecule has 26 heavy (non-hydrogen) atoms. The van der Waals surface area contributed by atoms with Crippen molar-refractivity contribution < 1.29 is 19.0 Å². The summed E-state index contributed by atoms with van der Waals surface area (Å²) in [7, 11) is 1.63. The van der Waals surface area contributed by atoms with E-state index in [1.54, 1.807) is 31.0 Å². The molecule has 0 aliphatic heterocycles. The molecule has 0 N–H and O–H groups in total. The first-order valence-electron chi connectivity index (χ1n) is 8.59. The molecular formula is C21H26O4S. The molecule has 2 aromatic rings. The Hall–Kier alpha value is -1.98. The number of methoxy groups -OCH3 is 1. The molecule has 0 spiro atoms. The summed E-state index contributed by atoms with van der Waals surface area (Å²) >= 11 is 1.73. The van der Waals surface area contributed by atoms with Gasteiger partial charge in [0.15, 0.2) is 5.78 Å². The predicted octanol–water partition coefficient (Wildman–Crippen LogP) is 4.65. The second kappa shape index (κ2) is 10.2. The van der Waals surface area contributed by atoms with Crippen LogP contribution in [0.3, 0.4) is 0 Å². The normalized spacial score (nSPS) is 11.8. The number of thioether (sulfide) groups is 1. The zero-order chi connectivity index (χ0) is 18.9. The van der Waals surface area contributed by atoms with Gasteiger partial charge in [-0.25, -0.2) is 0 Å². The van der Waals surface area contributed by atoms with Crippen molar-refractivity contribution in [3.05, 3.63) is 53.6 Å². The summed E-state index contributed by atoms with van der Waals surface area (Å²) in [5.74, 6) is 1.23. The molecule has 0 amide bonds. The zero-order valence-corrected chi connectivity index (χ0v) is 16.6. The van der Waals surface area contributed by atoms with Crippen molar-refractivity contribution in [2.45, 2.75) is 31.3 Å². The molecule has 0 aliphatic carbocycles. The summed E-state index contributed by atoms with van der Waals surface area (Å²) in [6, 6.07) is 13.8. The molecule has 0 saturated carbocycles. The molecular weight excluding hydrogens is 348 g/mol. The minimum Gasteiger partial charge on any atom is -0.493 e. The maximum absolute atomic E-state index is 11.8. The van der Waals surface area contributed by atoms with Crippen LogP contribution in [0, 0.1) is 0 Å². The quantitative estimate of drug-likeness (QED) is 0.447. The number of ether oxygens (including phenoxy) is 3. The average molecular weight is 375 g/mol. The van der Waals surface area contributed by atoms with Crippen LogP contribution in [-0.4, -0.2) is 38.5 Å². The van der Waals surface area contributed by atoms with Gasteiger partial charge < -0.3 is 14.2 Å². The second-order valence-electron chi connectivity index (χ2n) is 6.08. The van der Waals surface area contributed by atoms with Gasteiger partial charge in [-0.3, -0.25) is 4.79 Å². The van der Waals surface area contributed by atoms with Gasteiger partial charge in [0, 0.05) is 30.1 Å². The number of rotatable bonds is 10. The van der Waals surface area contributed by atoms with Crippen molar-refractivity contribution in [3.8, 4) is 11.5 Å². The lowest BCUT2D eigenvalue weighted by molar-refractivity contribution is 0.0914. The predicted molar refractivity (Wildman–Crippen MR) is 106 cm³/mol. The van der Waals surface area contributed by atoms with E-state index in [4.69, 9.17) is 14.2 Å².